The molecule has 0 heterocycles. The van der Waals surface area contributed by atoms with Crippen LogP contribution in [-0.4, -0.2) is 18.5 Å². The number of ketones is 1. The number of nitrogens with zero attached hydrogens (tertiary/aromatic N) is 2. The second-order valence-corrected chi connectivity index (χ2v) is 4.13. The molecule has 0 aromatic heterocycles. The molecule has 0 amide bonds. The van der Waals surface area contributed by atoms with Crippen molar-refractivity contribution in [3.8, 4) is 0 Å². The van der Waals surface area contributed by atoms with Gasteiger partial charge in [-0.3, -0.25) is 4.79 Å². The number of rotatable bonds is 3. The molecule has 0 fully saturated rings. The Hall–Kier alpha value is -1.62. The summed E-state index contributed by atoms with van der Waals surface area (Å²) < 4.78 is 3.93. The Morgan fingerprint density at radius 1 is 1.44 bits per heavy atom. The number of nitrogens with two attached hydrogens (primary N) is 1. The molecule has 0 aliphatic carbocycles. The van der Waals surface area contributed by atoms with Gasteiger partial charge in [0.15, 0.2) is 5.78 Å². The molecule has 0 spiro atoms. The van der Waals surface area contributed by atoms with E-state index in [1.165, 1.54) is 18.9 Å². The topological polar surface area (TPSA) is 67.8 Å². The van der Waals surface area contributed by atoms with Gasteiger partial charge in [0, 0.05) is 22.4 Å². The predicted molar refractivity (Wildman–Crippen MR) is 68.2 cm³/mol. The average Bonchev–Trinajstić information content (AvgIpc) is 2.25. The van der Waals surface area contributed by atoms with Crippen LogP contribution in [0, 0.1) is 6.92 Å². The lowest BCUT2D eigenvalue weighted by molar-refractivity contribution is 0.101. The SMILES string of the molecule is C=NC(N)=NSc1cc(C)cc(C(C)=O)c1. The maximum absolute atomic E-state index is 11.2. The fraction of sp³-hybridized carbons (Fsp3) is 0.182. The summed E-state index contributed by atoms with van der Waals surface area (Å²) in [6.45, 7) is 6.72. The van der Waals surface area contributed by atoms with E-state index in [2.05, 4.69) is 16.1 Å². The van der Waals surface area contributed by atoms with Crippen molar-refractivity contribution in [3.63, 3.8) is 0 Å². The maximum atomic E-state index is 11.2. The summed E-state index contributed by atoms with van der Waals surface area (Å²) in [5.41, 5.74) is 7.07. The number of aliphatic imine (C=N–C) groups is 1. The van der Waals surface area contributed by atoms with Crippen molar-refractivity contribution in [2.24, 2.45) is 15.1 Å². The molecule has 1 aromatic carbocycles. The highest BCUT2D eigenvalue weighted by Crippen LogP contribution is 2.22. The third-order valence-electron chi connectivity index (χ3n) is 1.86. The van der Waals surface area contributed by atoms with Gasteiger partial charge in [-0.15, -0.1) is 0 Å². The number of guanidine groups is 1. The Morgan fingerprint density at radius 3 is 2.69 bits per heavy atom. The highest BCUT2D eigenvalue weighted by molar-refractivity contribution is 7.98. The first-order valence-corrected chi connectivity index (χ1v) is 5.40. The molecule has 5 heteroatoms. The number of hydrogen-bond donors (Lipinski definition) is 1. The van der Waals surface area contributed by atoms with Crippen LogP contribution in [0.5, 0.6) is 0 Å². The fourth-order valence-electron chi connectivity index (χ4n) is 1.13. The summed E-state index contributed by atoms with van der Waals surface area (Å²) in [4.78, 5) is 15.6. The Labute approximate surface area is 98.8 Å². The van der Waals surface area contributed by atoms with Crippen LogP contribution in [-0.2, 0) is 0 Å². The molecule has 0 saturated carbocycles. The van der Waals surface area contributed by atoms with Crippen molar-refractivity contribution >= 4 is 30.4 Å². The summed E-state index contributed by atoms with van der Waals surface area (Å²) in [5, 5.41) is 0. The summed E-state index contributed by atoms with van der Waals surface area (Å²) in [5.74, 6) is 0.153. The third kappa shape index (κ3) is 3.51. The average molecular weight is 235 g/mol. The summed E-state index contributed by atoms with van der Waals surface area (Å²) >= 11 is 1.18. The van der Waals surface area contributed by atoms with Crippen molar-refractivity contribution in [1.29, 1.82) is 0 Å². The number of aryl methyl sites for hydroxylation is 1. The standard InChI is InChI=1S/C11H13N3OS/c1-7-4-9(8(2)15)6-10(5-7)16-14-11(12)13-3/h4-6H,3H2,1-2H3,(H2,12,14). The zero-order chi connectivity index (χ0) is 12.1. The Kier molecular flexibility index (Phi) is 4.25. The minimum absolute atomic E-state index is 0.0318. The van der Waals surface area contributed by atoms with Crippen LogP contribution in [0.2, 0.25) is 0 Å². The Morgan fingerprint density at radius 2 is 2.12 bits per heavy atom. The lowest BCUT2D eigenvalue weighted by Gasteiger charge is -2.02. The first-order chi connectivity index (χ1) is 7.52. The molecule has 0 saturated heterocycles. The highest BCUT2D eigenvalue weighted by atomic mass is 32.2. The zero-order valence-electron chi connectivity index (χ0n) is 9.23. The number of Topliss-reactive ketones (excluding diaryl/α,β-unsaturated/α-hetero) is 1. The van der Waals surface area contributed by atoms with Gasteiger partial charge in [-0.25, -0.2) is 4.99 Å². The zero-order valence-corrected chi connectivity index (χ0v) is 10.0. The van der Waals surface area contributed by atoms with Crippen LogP contribution < -0.4 is 5.73 Å². The number of carbonyl (C=O) groups is 1. The van der Waals surface area contributed by atoms with Crippen LogP contribution >= 0.6 is 11.9 Å². The lowest BCUT2D eigenvalue weighted by atomic mass is 10.1. The van der Waals surface area contributed by atoms with Crippen LogP contribution in [0.1, 0.15) is 22.8 Å². The molecule has 0 radical (unpaired) electrons. The van der Waals surface area contributed by atoms with Gasteiger partial charge in [0.25, 0.3) is 0 Å². The quantitative estimate of drug-likeness (QED) is 0.378. The molecule has 1 rings (SSSR count). The first-order valence-electron chi connectivity index (χ1n) is 4.62. The van der Waals surface area contributed by atoms with E-state index < -0.39 is 0 Å². The largest absolute Gasteiger partial charge is 0.367 e. The van der Waals surface area contributed by atoms with E-state index in [9.17, 15) is 4.79 Å². The highest BCUT2D eigenvalue weighted by Gasteiger charge is 2.03. The molecule has 16 heavy (non-hydrogen) atoms. The molecule has 0 unspecified atom stereocenters. The first kappa shape index (κ1) is 12.4. The molecule has 4 nitrogen and oxygen atoms in total. The second kappa shape index (κ2) is 5.46. The predicted octanol–water partition coefficient (Wildman–Crippen LogP) is 2.22. The van der Waals surface area contributed by atoms with E-state index in [1.54, 1.807) is 6.07 Å². The van der Waals surface area contributed by atoms with E-state index in [0.717, 1.165) is 10.5 Å². The monoisotopic (exact) mass is 235 g/mol. The van der Waals surface area contributed by atoms with Crippen LogP contribution in [0.15, 0.2) is 32.5 Å². The lowest BCUT2D eigenvalue weighted by Crippen LogP contribution is -2.05. The number of hydrogen-bond acceptors (Lipinski definition) is 3. The van der Waals surface area contributed by atoms with E-state index in [0.29, 0.717) is 5.56 Å². The second-order valence-electron chi connectivity index (χ2n) is 3.29. The van der Waals surface area contributed by atoms with E-state index in [1.807, 2.05) is 19.1 Å². The summed E-state index contributed by atoms with van der Waals surface area (Å²) in [6.07, 6.45) is 0. The van der Waals surface area contributed by atoms with Crippen molar-refractivity contribution in [1.82, 2.24) is 0 Å². The molecule has 0 bridgehead atoms. The minimum Gasteiger partial charge on any atom is -0.367 e. The molecule has 0 aliphatic rings. The molecule has 1 aromatic rings. The number of carbonyl (C=O) groups excluding carboxylic acids is 1. The maximum Gasteiger partial charge on any atom is 0.226 e. The molecule has 0 atom stereocenters. The normalized spacial score (nSPS) is 11.2. The van der Waals surface area contributed by atoms with Gasteiger partial charge >= 0.3 is 0 Å². The van der Waals surface area contributed by atoms with Gasteiger partial charge in [0.1, 0.15) is 0 Å². The molecular formula is C11H13N3OS. The van der Waals surface area contributed by atoms with Crippen molar-refractivity contribution in [2.75, 3.05) is 0 Å². The minimum atomic E-state index is 0.0318. The van der Waals surface area contributed by atoms with Crippen molar-refractivity contribution in [3.05, 3.63) is 29.3 Å². The van der Waals surface area contributed by atoms with Crippen LogP contribution in [0.3, 0.4) is 0 Å². The van der Waals surface area contributed by atoms with Crippen LogP contribution in [0.4, 0.5) is 0 Å². The number of benzene rings is 1. The van der Waals surface area contributed by atoms with E-state index in [-0.39, 0.29) is 11.7 Å². The van der Waals surface area contributed by atoms with Gasteiger partial charge in [0.05, 0.1) is 0 Å². The van der Waals surface area contributed by atoms with Gasteiger partial charge < -0.3 is 5.73 Å². The third-order valence-corrected chi connectivity index (χ3v) is 2.59. The molecular weight excluding hydrogens is 222 g/mol. The van der Waals surface area contributed by atoms with Gasteiger partial charge in [-0.05, 0) is 44.3 Å². The molecule has 2 N–H and O–H groups in total. The summed E-state index contributed by atoms with van der Waals surface area (Å²) in [7, 11) is 0. The van der Waals surface area contributed by atoms with Gasteiger partial charge in [-0.1, -0.05) is 0 Å². The Bertz CT molecular complexity index is 455. The molecule has 84 valence electrons. The van der Waals surface area contributed by atoms with E-state index in [4.69, 9.17) is 5.73 Å². The summed E-state index contributed by atoms with van der Waals surface area (Å²) in [6, 6.07) is 5.54. The van der Waals surface area contributed by atoms with Crippen molar-refractivity contribution < 1.29 is 4.79 Å². The van der Waals surface area contributed by atoms with Gasteiger partial charge in [-0.2, -0.15) is 4.40 Å². The smallest absolute Gasteiger partial charge is 0.226 e. The van der Waals surface area contributed by atoms with E-state index >= 15 is 0 Å². The molecule has 0 aliphatic heterocycles. The van der Waals surface area contributed by atoms with Crippen LogP contribution in [0.25, 0.3) is 0 Å². The fourth-order valence-corrected chi connectivity index (χ4v) is 1.81. The van der Waals surface area contributed by atoms with Gasteiger partial charge in [0.2, 0.25) is 5.96 Å². The Balaban J connectivity index is 2.97. The van der Waals surface area contributed by atoms with Crippen molar-refractivity contribution in [2.45, 2.75) is 18.7 Å².